The van der Waals surface area contributed by atoms with E-state index in [2.05, 4.69) is 27.2 Å². The zero-order chi connectivity index (χ0) is 14.0. The topological polar surface area (TPSA) is 86.9 Å². The van der Waals surface area contributed by atoms with Gasteiger partial charge in [-0.2, -0.15) is 5.10 Å². The Balaban J connectivity index is 2.09. The highest BCUT2D eigenvalue weighted by Crippen LogP contribution is 2.36. The molecule has 1 aromatic heterocycles. The van der Waals surface area contributed by atoms with Crippen molar-refractivity contribution in [1.82, 2.24) is 20.2 Å². The average Bonchev–Trinajstić information content (AvgIpc) is 3.13. The van der Waals surface area contributed by atoms with E-state index in [1.54, 1.807) is 7.05 Å². The van der Waals surface area contributed by atoms with Crippen molar-refractivity contribution in [3.8, 4) is 0 Å². The maximum absolute atomic E-state index is 12.3. The van der Waals surface area contributed by atoms with Crippen molar-refractivity contribution in [1.29, 1.82) is 0 Å². The van der Waals surface area contributed by atoms with Crippen LogP contribution in [-0.2, 0) is 16.6 Å². The van der Waals surface area contributed by atoms with Gasteiger partial charge in [-0.15, -0.1) is 0 Å². The minimum Gasteiger partial charge on any atom is -0.316 e. The summed E-state index contributed by atoms with van der Waals surface area (Å²) in [4.78, 5) is 0. The molecule has 0 amide bonds. The number of nitrogens with zero attached hydrogens (tertiary/aromatic N) is 1. The number of sulfonamides is 1. The molecule has 108 valence electrons. The molecular weight excluding hydrogens is 264 g/mol. The molecule has 1 aliphatic rings. The molecule has 1 aliphatic carbocycles. The average molecular weight is 286 g/mol. The van der Waals surface area contributed by atoms with Gasteiger partial charge in [-0.1, -0.05) is 6.92 Å². The maximum atomic E-state index is 12.3. The first-order chi connectivity index (χ1) is 8.95. The Kier molecular flexibility index (Phi) is 4.27. The maximum Gasteiger partial charge on any atom is 0.260 e. The van der Waals surface area contributed by atoms with E-state index >= 15 is 0 Å². The van der Waals surface area contributed by atoms with Crippen molar-refractivity contribution in [2.75, 3.05) is 13.6 Å². The standard InChI is InChI=1S/C12H22N4O2S/c1-8(10-4-5-10)6-14-19(17,18)12-11(7-13-3)9(2)15-16-12/h8,10,13-14H,4-7H2,1-3H3,(H,15,16). The van der Waals surface area contributed by atoms with Gasteiger partial charge >= 0.3 is 0 Å². The Labute approximate surface area is 114 Å². The molecule has 0 aliphatic heterocycles. The third kappa shape index (κ3) is 3.34. The fraction of sp³-hybridized carbons (Fsp3) is 0.750. The number of aromatic nitrogens is 2. The molecule has 1 unspecified atom stereocenters. The normalized spacial score (nSPS) is 17.6. The Bertz CT molecular complexity index is 534. The van der Waals surface area contributed by atoms with Crippen LogP contribution in [0.1, 0.15) is 31.0 Å². The fourth-order valence-corrected chi connectivity index (χ4v) is 3.51. The van der Waals surface area contributed by atoms with E-state index < -0.39 is 10.0 Å². The smallest absolute Gasteiger partial charge is 0.260 e. The number of hydrogen-bond acceptors (Lipinski definition) is 4. The lowest BCUT2D eigenvalue weighted by molar-refractivity contribution is 0.490. The first-order valence-corrected chi connectivity index (χ1v) is 8.12. The van der Waals surface area contributed by atoms with Gasteiger partial charge in [0.1, 0.15) is 0 Å². The lowest BCUT2D eigenvalue weighted by Crippen LogP contribution is -2.30. The lowest BCUT2D eigenvalue weighted by Gasteiger charge is -2.11. The van der Waals surface area contributed by atoms with Crippen LogP contribution in [0.2, 0.25) is 0 Å². The Morgan fingerprint density at radius 1 is 1.47 bits per heavy atom. The largest absolute Gasteiger partial charge is 0.316 e. The molecule has 1 aromatic rings. The Hall–Kier alpha value is -0.920. The summed E-state index contributed by atoms with van der Waals surface area (Å²) in [6.45, 7) is 4.88. The Morgan fingerprint density at radius 2 is 2.16 bits per heavy atom. The number of H-pyrrole nitrogens is 1. The summed E-state index contributed by atoms with van der Waals surface area (Å²) in [6.07, 6.45) is 2.44. The van der Waals surface area contributed by atoms with Crippen molar-refractivity contribution < 1.29 is 8.42 Å². The first-order valence-electron chi connectivity index (χ1n) is 6.63. The third-order valence-electron chi connectivity index (χ3n) is 3.67. The van der Waals surface area contributed by atoms with Crippen LogP contribution in [0, 0.1) is 18.8 Å². The number of hydrogen-bond donors (Lipinski definition) is 3. The fourth-order valence-electron chi connectivity index (χ4n) is 2.18. The van der Waals surface area contributed by atoms with Crippen LogP contribution < -0.4 is 10.0 Å². The van der Waals surface area contributed by atoms with Crippen molar-refractivity contribution in [3.63, 3.8) is 0 Å². The number of nitrogens with one attached hydrogen (secondary N) is 3. The van der Waals surface area contributed by atoms with E-state index in [9.17, 15) is 8.42 Å². The molecular formula is C12H22N4O2S. The molecule has 0 spiro atoms. The second-order valence-corrected chi connectivity index (χ2v) is 7.01. The molecule has 1 heterocycles. The molecule has 3 N–H and O–H groups in total. The van der Waals surface area contributed by atoms with Crippen molar-refractivity contribution >= 4 is 10.0 Å². The molecule has 1 saturated carbocycles. The van der Waals surface area contributed by atoms with Crippen LogP contribution in [0.25, 0.3) is 0 Å². The summed E-state index contributed by atoms with van der Waals surface area (Å²) < 4.78 is 27.2. The molecule has 6 nitrogen and oxygen atoms in total. The predicted molar refractivity (Wildman–Crippen MR) is 73.2 cm³/mol. The predicted octanol–water partition coefficient (Wildman–Crippen LogP) is 0.762. The summed E-state index contributed by atoms with van der Waals surface area (Å²) in [5.41, 5.74) is 1.49. The number of aromatic amines is 1. The highest BCUT2D eigenvalue weighted by molar-refractivity contribution is 7.89. The lowest BCUT2D eigenvalue weighted by atomic mass is 10.1. The highest BCUT2D eigenvalue weighted by atomic mass is 32.2. The molecule has 0 saturated heterocycles. The second-order valence-electron chi connectivity index (χ2n) is 5.33. The van der Waals surface area contributed by atoms with Gasteiger partial charge in [0.05, 0.1) is 0 Å². The van der Waals surface area contributed by atoms with Crippen molar-refractivity contribution in [2.45, 2.75) is 38.3 Å². The molecule has 0 radical (unpaired) electrons. The van der Waals surface area contributed by atoms with Crippen LogP contribution in [0.4, 0.5) is 0 Å². The van der Waals surface area contributed by atoms with E-state index in [1.807, 2.05) is 6.92 Å². The third-order valence-corrected chi connectivity index (χ3v) is 5.06. The van der Waals surface area contributed by atoms with Gasteiger partial charge in [-0.25, -0.2) is 13.1 Å². The molecule has 2 rings (SSSR count). The summed E-state index contributed by atoms with van der Waals surface area (Å²) in [6, 6.07) is 0. The van der Waals surface area contributed by atoms with Gasteiger partial charge in [-0.05, 0) is 38.6 Å². The summed E-state index contributed by atoms with van der Waals surface area (Å²) in [5, 5.41) is 9.75. The van der Waals surface area contributed by atoms with Crippen LogP contribution in [0.3, 0.4) is 0 Å². The van der Waals surface area contributed by atoms with Gasteiger partial charge in [0.2, 0.25) is 0 Å². The van der Waals surface area contributed by atoms with Crippen LogP contribution in [0.15, 0.2) is 5.03 Å². The van der Waals surface area contributed by atoms with Crippen LogP contribution in [0.5, 0.6) is 0 Å². The zero-order valence-corrected chi connectivity index (χ0v) is 12.5. The molecule has 0 bridgehead atoms. The van der Waals surface area contributed by atoms with Gasteiger partial charge in [0.15, 0.2) is 5.03 Å². The zero-order valence-electron chi connectivity index (χ0n) is 11.7. The van der Waals surface area contributed by atoms with Crippen LogP contribution in [-0.4, -0.2) is 32.2 Å². The summed E-state index contributed by atoms with van der Waals surface area (Å²) in [5.74, 6) is 1.07. The second kappa shape index (κ2) is 5.60. The molecule has 1 fully saturated rings. The number of aryl methyl sites for hydroxylation is 1. The minimum atomic E-state index is -3.53. The van der Waals surface area contributed by atoms with Crippen molar-refractivity contribution in [3.05, 3.63) is 11.3 Å². The molecule has 7 heteroatoms. The quantitative estimate of drug-likeness (QED) is 0.691. The Morgan fingerprint density at radius 3 is 2.74 bits per heavy atom. The van der Waals surface area contributed by atoms with Gasteiger partial charge in [0.25, 0.3) is 10.0 Å². The molecule has 0 aromatic carbocycles. The summed E-state index contributed by atoms with van der Waals surface area (Å²) in [7, 11) is -1.74. The first kappa shape index (κ1) is 14.5. The van der Waals surface area contributed by atoms with Gasteiger partial charge < -0.3 is 5.32 Å². The SMILES string of the molecule is CNCc1c(S(=O)(=O)NCC(C)C2CC2)n[nH]c1C. The monoisotopic (exact) mass is 286 g/mol. The van der Waals surface area contributed by atoms with Crippen LogP contribution >= 0.6 is 0 Å². The van der Waals surface area contributed by atoms with E-state index in [4.69, 9.17) is 0 Å². The molecule has 19 heavy (non-hydrogen) atoms. The minimum absolute atomic E-state index is 0.113. The number of rotatable bonds is 7. The van der Waals surface area contributed by atoms with E-state index in [-0.39, 0.29) is 5.03 Å². The molecule has 1 atom stereocenters. The van der Waals surface area contributed by atoms with Gasteiger partial charge in [0, 0.05) is 24.3 Å². The van der Waals surface area contributed by atoms with E-state index in [1.165, 1.54) is 12.8 Å². The highest BCUT2D eigenvalue weighted by Gasteiger charge is 2.30. The van der Waals surface area contributed by atoms with Crippen molar-refractivity contribution in [2.24, 2.45) is 11.8 Å². The van der Waals surface area contributed by atoms with E-state index in [0.29, 0.717) is 30.5 Å². The van der Waals surface area contributed by atoms with E-state index in [0.717, 1.165) is 5.69 Å². The van der Waals surface area contributed by atoms with Gasteiger partial charge in [-0.3, -0.25) is 5.10 Å². The summed E-state index contributed by atoms with van der Waals surface area (Å²) >= 11 is 0.